The minimum atomic E-state index is -0.247. The highest BCUT2D eigenvalue weighted by molar-refractivity contribution is 9.10. The minimum Gasteiger partial charge on any atom is -0.343 e. The summed E-state index contributed by atoms with van der Waals surface area (Å²) in [6.07, 6.45) is 6.74. The van der Waals surface area contributed by atoms with Gasteiger partial charge in [-0.15, -0.1) is 0 Å². The van der Waals surface area contributed by atoms with E-state index < -0.39 is 0 Å². The largest absolute Gasteiger partial charge is 0.343 e. The summed E-state index contributed by atoms with van der Waals surface area (Å²) in [5.74, 6) is -0.318. The Kier molecular flexibility index (Phi) is 7.16. The Morgan fingerprint density at radius 1 is 1.13 bits per heavy atom. The molecule has 3 heterocycles. The molecule has 1 N–H and O–H groups in total. The standard InChI is InChI=1S/C31H32BrFN4O2/c1-35-13-11-21(15-29(35)38)25-10-12-34-16-26(25)31(39)37(24-8-9-24)19-22-18-36(17-20-4-2-5-23(33)14-20)28-7-3-6-27(32)30(22)28/h2-7,11,13-15,18,24-26,34H,8-10,12,16-17,19H2,1H3. The van der Waals surface area contributed by atoms with Gasteiger partial charge in [0, 0.05) is 66.6 Å². The highest BCUT2D eigenvalue weighted by atomic mass is 79.9. The van der Waals surface area contributed by atoms with Crippen LogP contribution in [0.3, 0.4) is 0 Å². The predicted molar refractivity (Wildman–Crippen MR) is 154 cm³/mol. The topological polar surface area (TPSA) is 59.3 Å². The third kappa shape index (κ3) is 5.32. The summed E-state index contributed by atoms with van der Waals surface area (Å²) in [5.41, 5.74) is 3.90. The van der Waals surface area contributed by atoms with Crippen molar-refractivity contribution in [1.29, 1.82) is 0 Å². The third-order valence-electron chi connectivity index (χ3n) is 8.14. The number of aryl methyl sites for hydroxylation is 1. The number of hydrogen-bond acceptors (Lipinski definition) is 3. The van der Waals surface area contributed by atoms with Crippen LogP contribution in [0.15, 0.2) is 76.3 Å². The molecule has 2 fully saturated rings. The maximum Gasteiger partial charge on any atom is 0.250 e. The molecule has 2 unspecified atom stereocenters. The Morgan fingerprint density at radius 2 is 1.95 bits per heavy atom. The van der Waals surface area contributed by atoms with E-state index in [1.807, 2.05) is 24.3 Å². The molecule has 1 saturated carbocycles. The van der Waals surface area contributed by atoms with E-state index in [4.69, 9.17) is 0 Å². The number of benzene rings is 2. The lowest BCUT2D eigenvalue weighted by molar-refractivity contribution is -0.138. The first kappa shape index (κ1) is 26.0. The number of carbonyl (C=O) groups is 1. The SMILES string of the molecule is Cn1ccc(C2CCNCC2C(=O)N(Cc2cn(Cc3cccc(F)c3)c3cccc(Br)c23)C2CC2)cc1=O. The number of hydrogen-bond donors (Lipinski definition) is 1. The van der Waals surface area contributed by atoms with Crippen molar-refractivity contribution in [3.05, 3.63) is 104 Å². The summed E-state index contributed by atoms with van der Waals surface area (Å²) in [5, 5.41) is 4.50. The lowest BCUT2D eigenvalue weighted by atomic mass is 9.80. The summed E-state index contributed by atoms with van der Waals surface area (Å²) in [7, 11) is 1.74. The van der Waals surface area contributed by atoms with Gasteiger partial charge in [0.05, 0.1) is 5.92 Å². The molecular weight excluding hydrogens is 559 g/mol. The van der Waals surface area contributed by atoms with E-state index in [1.54, 1.807) is 36.0 Å². The summed E-state index contributed by atoms with van der Waals surface area (Å²) >= 11 is 3.75. The van der Waals surface area contributed by atoms with Crippen molar-refractivity contribution in [2.75, 3.05) is 13.1 Å². The van der Waals surface area contributed by atoms with Gasteiger partial charge in [0.15, 0.2) is 0 Å². The van der Waals surface area contributed by atoms with Crippen LogP contribution < -0.4 is 10.9 Å². The fourth-order valence-corrected chi connectivity index (χ4v) is 6.57. The molecule has 202 valence electrons. The second-order valence-corrected chi connectivity index (χ2v) is 11.7. The number of aromatic nitrogens is 2. The van der Waals surface area contributed by atoms with Crippen molar-refractivity contribution in [2.24, 2.45) is 13.0 Å². The van der Waals surface area contributed by atoms with Crippen LogP contribution in [0.5, 0.6) is 0 Å². The zero-order valence-electron chi connectivity index (χ0n) is 21.9. The Morgan fingerprint density at radius 3 is 2.72 bits per heavy atom. The molecule has 1 aliphatic heterocycles. The van der Waals surface area contributed by atoms with Crippen LogP contribution in [0.25, 0.3) is 10.9 Å². The van der Waals surface area contributed by atoms with Crippen LogP contribution in [0.1, 0.15) is 41.9 Å². The molecular formula is C31H32BrFN4O2. The van der Waals surface area contributed by atoms with Crippen molar-refractivity contribution in [2.45, 2.75) is 44.3 Å². The van der Waals surface area contributed by atoms with E-state index in [0.29, 0.717) is 19.6 Å². The van der Waals surface area contributed by atoms with E-state index in [-0.39, 0.29) is 35.2 Å². The fourth-order valence-electron chi connectivity index (χ4n) is 5.96. The first-order chi connectivity index (χ1) is 18.9. The number of piperidine rings is 1. The first-order valence-corrected chi connectivity index (χ1v) is 14.4. The molecule has 8 heteroatoms. The molecule has 2 aromatic carbocycles. The average Bonchev–Trinajstić information content (AvgIpc) is 3.71. The van der Waals surface area contributed by atoms with Crippen LogP contribution in [-0.4, -0.2) is 39.1 Å². The maximum absolute atomic E-state index is 14.2. The van der Waals surface area contributed by atoms with Gasteiger partial charge in [-0.1, -0.05) is 34.1 Å². The van der Waals surface area contributed by atoms with Gasteiger partial charge in [-0.2, -0.15) is 0 Å². The van der Waals surface area contributed by atoms with Gasteiger partial charge in [0.25, 0.3) is 5.56 Å². The number of rotatable bonds is 7. The summed E-state index contributed by atoms with van der Waals surface area (Å²) < 4.78 is 18.6. The molecule has 1 aliphatic carbocycles. The van der Waals surface area contributed by atoms with Crippen LogP contribution >= 0.6 is 15.9 Å². The zero-order valence-corrected chi connectivity index (χ0v) is 23.5. The Balaban J connectivity index is 1.33. The van der Waals surface area contributed by atoms with Crippen LogP contribution in [0.4, 0.5) is 4.39 Å². The normalized spacial score (nSPS) is 19.4. The molecule has 2 aromatic heterocycles. The van der Waals surface area contributed by atoms with E-state index in [0.717, 1.165) is 57.9 Å². The van der Waals surface area contributed by atoms with Gasteiger partial charge in [-0.25, -0.2) is 4.39 Å². The average molecular weight is 592 g/mol. The third-order valence-corrected chi connectivity index (χ3v) is 8.80. The summed E-state index contributed by atoms with van der Waals surface area (Å²) in [6, 6.07) is 16.7. The Labute approximate surface area is 235 Å². The van der Waals surface area contributed by atoms with Crippen LogP contribution in [-0.2, 0) is 24.9 Å². The number of carbonyl (C=O) groups excluding carboxylic acids is 1. The second-order valence-electron chi connectivity index (χ2n) is 10.9. The van der Waals surface area contributed by atoms with E-state index in [9.17, 15) is 14.0 Å². The van der Waals surface area contributed by atoms with Crippen molar-refractivity contribution in [3.8, 4) is 0 Å². The molecule has 0 bridgehead atoms. The predicted octanol–water partition coefficient (Wildman–Crippen LogP) is 5.17. The van der Waals surface area contributed by atoms with Crippen LogP contribution in [0, 0.1) is 11.7 Å². The van der Waals surface area contributed by atoms with Crippen LogP contribution in [0.2, 0.25) is 0 Å². The minimum absolute atomic E-state index is 0.00922. The lowest BCUT2D eigenvalue weighted by Gasteiger charge is -2.35. The van der Waals surface area contributed by atoms with Crippen molar-refractivity contribution in [3.63, 3.8) is 0 Å². The molecule has 1 amide bonds. The zero-order chi connectivity index (χ0) is 27.1. The van der Waals surface area contributed by atoms with E-state index in [1.165, 1.54) is 6.07 Å². The molecule has 6 rings (SSSR count). The maximum atomic E-state index is 14.2. The van der Waals surface area contributed by atoms with Crippen molar-refractivity contribution in [1.82, 2.24) is 19.4 Å². The molecule has 0 radical (unpaired) electrons. The van der Waals surface area contributed by atoms with Gasteiger partial charge in [0.1, 0.15) is 5.82 Å². The number of nitrogens with one attached hydrogen (secondary N) is 1. The molecule has 2 aliphatic rings. The van der Waals surface area contributed by atoms with Gasteiger partial charge < -0.3 is 19.4 Å². The highest BCUT2D eigenvalue weighted by Gasteiger charge is 2.40. The second kappa shape index (κ2) is 10.7. The Bertz CT molecular complexity index is 1590. The molecule has 39 heavy (non-hydrogen) atoms. The van der Waals surface area contributed by atoms with Crippen molar-refractivity contribution >= 4 is 32.7 Å². The number of halogens is 2. The monoisotopic (exact) mass is 590 g/mol. The highest BCUT2D eigenvalue weighted by Crippen LogP contribution is 2.38. The van der Waals surface area contributed by atoms with Crippen molar-refractivity contribution < 1.29 is 9.18 Å². The molecule has 0 spiro atoms. The van der Waals surface area contributed by atoms with Gasteiger partial charge in [-0.05, 0) is 78.7 Å². The Hall–Kier alpha value is -3.23. The van der Waals surface area contributed by atoms with E-state index in [2.05, 4.69) is 43.0 Å². The molecule has 6 nitrogen and oxygen atoms in total. The van der Waals surface area contributed by atoms with E-state index >= 15 is 0 Å². The first-order valence-electron chi connectivity index (χ1n) is 13.6. The number of fused-ring (bicyclic) bond motifs is 1. The fraction of sp³-hybridized carbons (Fsp3) is 0.355. The van der Waals surface area contributed by atoms with Gasteiger partial charge >= 0.3 is 0 Å². The molecule has 2 atom stereocenters. The number of nitrogens with zero attached hydrogens (tertiary/aromatic N) is 3. The number of amides is 1. The van der Waals surface area contributed by atoms with Gasteiger partial charge in [-0.3, -0.25) is 9.59 Å². The summed E-state index contributed by atoms with van der Waals surface area (Å²) in [4.78, 5) is 28.7. The molecule has 4 aromatic rings. The lowest BCUT2D eigenvalue weighted by Crippen LogP contribution is -2.47. The quantitative estimate of drug-likeness (QED) is 0.323. The molecule has 1 saturated heterocycles. The summed E-state index contributed by atoms with van der Waals surface area (Å²) in [6.45, 7) is 2.48. The van der Waals surface area contributed by atoms with Gasteiger partial charge in [0.2, 0.25) is 5.91 Å². The smallest absolute Gasteiger partial charge is 0.250 e. The number of pyridine rings is 1.